The summed E-state index contributed by atoms with van der Waals surface area (Å²) in [4.78, 5) is 32.8. The van der Waals surface area contributed by atoms with E-state index in [1.54, 1.807) is 25.4 Å². The number of likely N-dealkylation sites (N-methyl/N-ethyl adjacent to an activating group) is 1. The summed E-state index contributed by atoms with van der Waals surface area (Å²) in [5.74, 6) is 0.990. The molecule has 3 heterocycles. The quantitative estimate of drug-likeness (QED) is 0.437. The number of hydrogen-bond acceptors (Lipinski definition) is 7. The van der Waals surface area contributed by atoms with Crippen molar-refractivity contribution in [2.45, 2.75) is 20.4 Å². The number of thiocarbonyl (C=S) groups is 1. The number of carbonyl (C=O) groups is 1. The molecule has 9 heteroatoms. The zero-order valence-electron chi connectivity index (χ0n) is 17.9. The van der Waals surface area contributed by atoms with Gasteiger partial charge in [0.05, 0.1) is 17.6 Å². The first-order chi connectivity index (χ1) is 15.4. The van der Waals surface area contributed by atoms with Gasteiger partial charge >= 0.3 is 0 Å². The highest BCUT2D eigenvalue weighted by Gasteiger charge is 2.31. The van der Waals surface area contributed by atoms with Crippen LogP contribution in [0.2, 0.25) is 0 Å². The van der Waals surface area contributed by atoms with Crippen molar-refractivity contribution in [3.05, 3.63) is 74.5 Å². The molecule has 1 aliphatic heterocycles. The molecule has 7 nitrogen and oxygen atoms in total. The van der Waals surface area contributed by atoms with Crippen LogP contribution in [0.5, 0.6) is 5.75 Å². The number of nitrogens with one attached hydrogen (secondary N) is 1. The topological polar surface area (TPSA) is 75.9 Å². The van der Waals surface area contributed by atoms with E-state index in [0.29, 0.717) is 39.3 Å². The molecule has 0 spiro atoms. The zero-order chi connectivity index (χ0) is 22.8. The second kappa shape index (κ2) is 9.13. The van der Waals surface area contributed by atoms with Crippen molar-refractivity contribution >= 4 is 51.7 Å². The smallest absolute Gasteiger partial charge is 0.267 e. The highest BCUT2D eigenvalue weighted by molar-refractivity contribution is 8.26. The van der Waals surface area contributed by atoms with Gasteiger partial charge in [-0.15, -0.1) is 0 Å². The van der Waals surface area contributed by atoms with Crippen LogP contribution in [0.25, 0.3) is 11.7 Å². The minimum absolute atomic E-state index is 0.197. The van der Waals surface area contributed by atoms with Crippen molar-refractivity contribution in [1.29, 1.82) is 0 Å². The van der Waals surface area contributed by atoms with Crippen molar-refractivity contribution in [1.82, 2.24) is 14.3 Å². The zero-order valence-corrected chi connectivity index (χ0v) is 19.5. The lowest BCUT2D eigenvalue weighted by atomic mass is 10.2. The van der Waals surface area contributed by atoms with Crippen molar-refractivity contribution in [2.24, 2.45) is 0 Å². The molecule has 4 rings (SSSR count). The van der Waals surface area contributed by atoms with Crippen LogP contribution in [0.4, 0.5) is 5.82 Å². The molecular weight excluding hydrogens is 444 g/mol. The van der Waals surface area contributed by atoms with Gasteiger partial charge in [-0.2, -0.15) is 0 Å². The monoisotopic (exact) mass is 466 g/mol. The third kappa shape index (κ3) is 4.13. The van der Waals surface area contributed by atoms with Crippen LogP contribution >= 0.6 is 24.0 Å². The number of thioether (sulfide) groups is 1. The molecule has 1 fully saturated rings. The summed E-state index contributed by atoms with van der Waals surface area (Å²) in [5.41, 5.74) is 2.51. The second-order valence-corrected chi connectivity index (χ2v) is 8.87. The van der Waals surface area contributed by atoms with Crippen LogP contribution in [0, 0.1) is 6.92 Å². The molecule has 0 unspecified atom stereocenters. The summed E-state index contributed by atoms with van der Waals surface area (Å²) in [6.45, 7) is 4.71. The van der Waals surface area contributed by atoms with Crippen molar-refractivity contribution in [3.63, 3.8) is 0 Å². The maximum absolute atomic E-state index is 13.4. The van der Waals surface area contributed by atoms with Gasteiger partial charge in [0.25, 0.3) is 11.5 Å². The van der Waals surface area contributed by atoms with Crippen LogP contribution < -0.4 is 15.6 Å². The Bertz CT molecular complexity index is 1300. The first-order valence-electron chi connectivity index (χ1n) is 10.1. The highest BCUT2D eigenvalue weighted by Crippen LogP contribution is 2.32. The molecule has 0 aliphatic carbocycles. The number of fused-ring (bicyclic) bond motifs is 1. The Morgan fingerprint density at radius 1 is 1.22 bits per heavy atom. The van der Waals surface area contributed by atoms with Gasteiger partial charge in [0.1, 0.15) is 21.5 Å². The average molecular weight is 467 g/mol. The minimum atomic E-state index is -0.252. The number of anilines is 1. The Labute approximate surface area is 195 Å². The Kier molecular flexibility index (Phi) is 6.29. The van der Waals surface area contributed by atoms with Crippen molar-refractivity contribution in [2.75, 3.05) is 19.0 Å². The van der Waals surface area contributed by atoms with Crippen LogP contribution in [-0.2, 0) is 11.3 Å². The van der Waals surface area contributed by atoms with Gasteiger partial charge in [0.15, 0.2) is 0 Å². The predicted octanol–water partition coefficient (Wildman–Crippen LogP) is 3.84. The number of aryl methyl sites for hydroxylation is 1. The lowest BCUT2D eigenvalue weighted by molar-refractivity contribution is -0.121. The summed E-state index contributed by atoms with van der Waals surface area (Å²) < 4.78 is 7.19. The number of ether oxygens (including phenoxy) is 1. The maximum atomic E-state index is 13.4. The molecule has 0 atom stereocenters. The fourth-order valence-corrected chi connectivity index (χ4v) is 4.78. The van der Waals surface area contributed by atoms with Gasteiger partial charge in [0.2, 0.25) is 0 Å². The molecule has 0 radical (unpaired) electrons. The highest BCUT2D eigenvalue weighted by atomic mass is 32.2. The number of pyridine rings is 1. The summed E-state index contributed by atoms with van der Waals surface area (Å²) in [6, 6.07) is 11.3. The Morgan fingerprint density at radius 2 is 1.97 bits per heavy atom. The lowest BCUT2D eigenvalue weighted by Crippen LogP contribution is -2.27. The number of nitrogens with zero attached hydrogens (tertiary/aromatic N) is 3. The Morgan fingerprint density at radius 3 is 2.62 bits per heavy atom. The lowest BCUT2D eigenvalue weighted by Gasteiger charge is -2.13. The van der Waals surface area contributed by atoms with Gasteiger partial charge in [0, 0.05) is 19.3 Å². The number of carbonyl (C=O) groups excluding carboxylic acids is 1. The van der Waals surface area contributed by atoms with E-state index in [1.165, 1.54) is 21.1 Å². The van der Waals surface area contributed by atoms with Crippen molar-refractivity contribution in [3.8, 4) is 5.75 Å². The first-order valence-corrected chi connectivity index (χ1v) is 11.3. The van der Waals surface area contributed by atoms with Gasteiger partial charge in [-0.05, 0) is 49.2 Å². The van der Waals surface area contributed by atoms with Crippen LogP contribution in [0.3, 0.4) is 0 Å². The van der Waals surface area contributed by atoms with E-state index in [9.17, 15) is 9.59 Å². The average Bonchev–Trinajstić information content (AvgIpc) is 3.07. The Balaban J connectivity index is 1.78. The second-order valence-electron chi connectivity index (χ2n) is 7.19. The number of aromatic nitrogens is 2. The third-order valence-electron chi connectivity index (χ3n) is 5.17. The summed E-state index contributed by atoms with van der Waals surface area (Å²) in [5, 5.41) is 3.28. The van der Waals surface area contributed by atoms with E-state index in [-0.39, 0.29) is 11.5 Å². The first kappa shape index (κ1) is 22.0. The molecule has 1 amide bonds. The summed E-state index contributed by atoms with van der Waals surface area (Å²) in [7, 11) is 1.62. The van der Waals surface area contributed by atoms with E-state index < -0.39 is 0 Å². The van der Waals surface area contributed by atoms with Gasteiger partial charge in [-0.25, -0.2) is 4.98 Å². The predicted molar refractivity (Wildman–Crippen MR) is 132 cm³/mol. The van der Waals surface area contributed by atoms with Crippen LogP contribution in [-0.4, -0.2) is 38.2 Å². The van der Waals surface area contributed by atoms with E-state index in [0.717, 1.165) is 16.9 Å². The number of benzene rings is 1. The molecule has 164 valence electrons. The molecule has 32 heavy (non-hydrogen) atoms. The summed E-state index contributed by atoms with van der Waals surface area (Å²) >= 11 is 6.50. The molecule has 0 saturated carbocycles. The van der Waals surface area contributed by atoms with Crippen LogP contribution in [0.1, 0.15) is 23.6 Å². The summed E-state index contributed by atoms with van der Waals surface area (Å²) in [6.07, 6.45) is 3.27. The normalized spacial score (nSPS) is 15.1. The molecule has 1 saturated heterocycles. The molecule has 1 aromatic carbocycles. The minimum Gasteiger partial charge on any atom is -0.497 e. The number of hydrogen-bond donors (Lipinski definition) is 1. The standard InChI is InChI=1S/C23H22N4O3S2/c1-4-26-22(29)18(32-23(26)31)12-17-19(24-13-15-7-9-16(30-3)10-8-15)25-20-14(2)6-5-11-27(20)21(17)28/h5-12,24H,4,13H2,1-3H3/b18-12-. The Hall–Kier alpha value is -3.17. The fraction of sp³-hybridized carbons (Fsp3) is 0.217. The van der Waals surface area contributed by atoms with Crippen molar-refractivity contribution < 1.29 is 9.53 Å². The largest absolute Gasteiger partial charge is 0.497 e. The van der Waals surface area contributed by atoms with E-state index in [1.807, 2.05) is 44.2 Å². The molecule has 3 aromatic rings. The molecule has 1 N–H and O–H groups in total. The van der Waals surface area contributed by atoms with Gasteiger partial charge in [-0.3, -0.25) is 18.9 Å². The van der Waals surface area contributed by atoms with E-state index >= 15 is 0 Å². The third-order valence-corrected chi connectivity index (χ3v) is 6.55. The van der Waals surface area contributed by atoms with Crippen LogP contribution in [0.15, 0.2) is 52.3 Å². The maximum Gasteiger partial charge on any atom is 0.267 e. The van der Waals surface area contributed by atoms with E-state index in [4.69, 9.17) is 21.9 Å². The fourth-order valence-electron chi connectivity index (χ4n) is 3.41. The molecule has 1 aliphatic rings. The molecule has 0 bridgehead atoms. The number of amides is 1. The number of rotatable bonds is 6. The SMILES string of the molecule is CCN1C(=O)/C(=C/c2c(NCc3ccc(OC)cc3)nc3c(C)cccn3c2=O)SC1=S. The van der Waals surface area contributed by atoms with E-state index in [2.05, 4.69) is 5.32 Å². The molecule has 2 aromatic heterocycles. The molecular formula is C23H22N4O3S2. The number of methoxy groups -OCH3 is 1. The van der Waals surface area contributed by atoms with Gasteiger partial charge < -0.3 is 10.1 Å². The van der Waals surface area contributed by atoms with Gasteiger partial charge in [-0.1, -0.05) is 42.2 Å².